The minimum atomic E-state index is -0.680. The molecule has 1 aliphatic heterocycles. The Balaban J connectivity index is 2.02. The van der Waals surface area contributed by atoms with E-state index in [0.29, 0.717) is 41.8 Å². The molecule has 2 aromatic carbocycles. The Bertz CT molecular complexity index is 948. The van der Waals surface area contributed by atoms with Crippen LogP contribution >= 0.6 is 11.6 Å². The van der Waals surface area contributed by atoms with Crippen LogP contribution in [0.4, 0.5) is 0 Å². The number of nitrogens with zero attached hydrogens (tertiary/aromatic N) is 1. The number of aliphatic hydroxyl groups excluding tert-OH is 1. The fourth-order valence-electron chi connectivity index (χ4n) is 3.47. The van der Waals surface area contributed by atoms with Crippen LogP contribution in [0.25, 0.3) is 5.76 Å². The van der Waals surface area contributed by atoms with Crippen LogP contribution in [0.15, 0.2) is 54.1 Å². The zero-order valence-electron chi connectivity index (χ0n) is 17.4. The lowest BCUT2D eigenvalue weighted by molar-refractivity contribution is -0.139. The number of likely N-dealkylation sites (tertiary alicyclic amines) is 1. The van der Waals surface area contributed by atoms with Crippen LogP contribution in [0.3, 0.4) is 0 Å². The minimum absolute atomic E-state index is 0.0895. The predicted octanol–water partition coefficient (Wildman–Crippen LogP) is 5.21. The molecule has 0 radical (unpaired) electrons. The molecule has 6 heteroatoms. The van der Waals surface area contributed by atoms with Gasteiger partial charge < -0.3 is 14.7 Å². The van der Waals surface area contributed by atoms with E-state index in [1.807, 2.05) is 6.92 Å². The lowest BCUT2D eigenvalue weighted by Gasteiger charge is -2.25. The molecule has 1 aliphatic rings. The largest absolute Gasteiger partial charge is 0.507 e. The molecular formula is C24H26ClNO4. The zero-order valence-corrected chi connectivity index (χ0v) is 18.1. The fourth-order valence-corrected chi connectivity index (χ4v) is 3.60. The van der Waals surface area contributed by atoms with Crippen LogP contribution in [0.1, 0.15) is 44.4 Å². The molecule has 1 unspecified atom stereocenters. The van der Waals surface area contributed by atoms with Crippen LogP contribution < -0.4 is 4.74 Å². The van der Waals surface area contributed by atoms with Gasteiger partial charge in [-0.25, -0.2) is 0 Å². The van der Waals surface area contributed by atoms with Gasteiger partial charge in [0, 0.05) is 17.1 Å². The third-order valence-electron chi connectivity index (χ3n) is 4.90. The van der Waals surface area contributed by atoms with Crippen molar-refractivity contribution in [3.63, 3.8) is 0 Å². The first-order valence-corrected chi connectivity index (χ1v) is 10.5. The zero-order chi connectivity index (χ0) is 21.8. The first-order valence-electron chi connectivity index (χ1n) is 10.1. The smallest absolute Gasteiger partial charge is 0.295 e. The molecule has 1 fully saturated rings. The van der Waals surface area contributed by atoms with Gasteiger partial charge in [0.15, 0.2) is 0 Å². The summed E-state index contributed by atoms with van der Waals surface area (Å²) in [5.74, 6) is -0.397. The summed E-state index contributed by atoms with van der Waals surface area (Å²) in [6.45, 7) is 7.06. The number of hydrogen-bond donors (Lipinski definition) is 1. The lowest BCUT2D eigenvalue weighted by atomic mass is 9.95. The van der Waals surface area contributed by atoms with E-state index in [2.05, 4.69) is 13.8 Å². The van der Waals surface area contributed by atoms with Gasteiger partial charge in [-0.2, -0.15) is 0 Å². The molecular weight excluding hydrogens is 402 g/mol. The maximum atomic E-state index is 12.8. The van der Waals surface area contributed by atoms with Gasteiger partial charge in [-0.15, -0.1) is 0 Å². The Kier molecular flexibility index (Phi) is 6.83. The number of amides is 1. The molecule has 1 heterocycles. The number of halogens is 1. The molecule has 3 rings (SSSR count). The van der Waals surface area contributed by atoms with E-state index >= 15 is 0 Å². The molecule has 2 aromatic rings. The van der Waals surface area contributed by atoms with Crippen LogP contribution in [0.5, 0.6) is 5.75 Å². The number of hydrogen-bond acceptors (Lipinski definition) is 4. The Labute approximate surface area is 181 Å². The molecule has 1 saturated heterocycles. The highest BCUT2D eigenvalue weighted by Gasteiger charge is 2.45. The first kappa shape index (κ1) is 21.9. The third kappa shape index (κ3) is 4.51. The SMILES string of the molecule is CCCN1C(=O)C(=O)/C(=C(\O)c2ccc(OCC(C)C)cc2)C1c1ccc(Cl)cc1. The van der Waals surface area contributed by atoms with Gasteiger partial charge in [0.2, 0.25) is 0 Å². The standard InChI is InChI=1S/C24H26ClNO4/c1-4-13-26-21(16-5-9-18(25)10-6-16)20(23(28)24(26)29)22(27)17-7-11-19(12-8-17)30-14-15(2)3/h5-12,15,21,27H,4,13-14H2,1-3H3/b22-20-. The van der Waals surface area contributed by atoms with E-state index in [1.54, 1.807) is 48.5 Å². The van der Waals surface area contributed by atoms with Crippen molar-refractivity contribution in [1.29, 1.82) is 0 Å². The van der Waals surface area contributed by atoms with E-state index in [1.165, 1.54) is 4.90 Å². The Morgan fingerprint density at radius 3 is 2.30 bits per heavy atom. The molecule has 1 N–H and O–H groups in total. The number of benzene rings is 2. The van der Waals surface area contributed by atoms with Gasteiger partial charge in [-0.05, 0) is 54.3 Å². The average molecular weight is 428 g/mol. The second kappa shape index (κ2) is 9.35. The third-order valence-corrected chi connectivity index (χ3v) is 5.15. The molecule has 30 heavy (non-hydrogen) atoms. The number of ketones is 1. The quantitative estimate of drug-likeness (QED) is 0.374. The second-order valence-corrected chi connectivity index (χ2v) is 8.21. The molecule has 0 saturated carbocycles. The maximum Gasteiger partial charge on any atom is 0.295 e. The summed E-state index contributed by atoms with van der Waals surface area (Å²) >= 11 is 6.01. The van der Waals surface area contributed by atoms with Crippen LogP contribution in [-0.2, 0) is 9.59 Å². The number of carbonyl (C=O) groups excluding carboxylic acids is 2. The topological polar surface area (TPSA) is 66.8 Å². The molecule has 0 aliphatic carbocycles. The highest BCUT2D eigenvalue weighted by molar-refractivity contribution is 6.46. The fraction of sp³-hybridized carbons (Fsp3) is 0.333. The number of rotatable bonds is 7. The van der Waals surface area contributed by atoms with Crippen molar-refractivity contribution in [2.75, 3.05) is 13.2 Å². The van der Waals surface area contributed by atoms with E-state index < -0.39 is 17.7 Å². The van der Waals surface area contributed by atoms with Crippen LogP contribution in [0.2, 0.25) is 5.02 Å². The van der Waals surface area contributed by atoms with Crippen molar-refractivity contribution in [2.24, 2.45) is 5.92 Å². The normalized spacial score (nSPS) is 18.3. The number of Topliss-reactive ketones (excluding diaryl/α,β-unsaturated/α-hetero) is 1. The monoisotopic (exact) mass is 427 g/mol. The molecule has 1 amide bonds. The average Bonchev–Trinajstić information content (AvgIpc) is 2.98. The van der Waals surface area contributed by atoms with Gasteiger partial charge in [0.05, 0.1) is 18.2 Å². The number of aliphatic hydroxyl groups is 1. The Morgan fingerprint density at radius 2 is 1.73 bits per heavy atom. The van der Waals surface area contributed by atoms with E-state index in [9.17, 15) is 14.7 Å². The van der Waals surface area contributed by atoms with Crippen molar-refractivity contribution < 1.29 is 19.4 Å². The molecule has 1 atom stereocenters. The van der Waals surface area contributed by atoms with Gasteiger partial charge in [-0.1, -0.05) is 44.5 Å². The van der Waals surface area contributed by atoms with Crippen molar-refractivity contribution in [3.05, 3.63) is 70.3 Å². The minimum Gasteiger partial charge on any atom is -0.507 e. The first-order chi connectivity index (χ1) is 14.3. The van der Waals surface area contributed by atoms with Gasteiger partial charge in [0.1, 0.15) is 11.5 Å². The van der Waals surface area contributed by atoms with Crippen LogP contribution in [-0.4, -0.2) is 34.8 Å². The van der Waals surface area contributed by atoms with E-state index in [4.69, 9.17) is 16.3 Å². The molecule has 0 bridgehead atoms. The van der Waals surface area contributed by atoms with E-state index in [0.717, 1.165) is 5.56 Å². The summed E-state index contributed by atoms with van der Waals surface area (Å²) in [6.07, 6.45) is 0.693. The highest BCUT2D eigenvalue weighted by atomic mass is 35.5. The van der Waals surface area contributed by atoms with Crippen molar-refractivity contribution >= 4 is 29.1 Å². The highest BCUT2D eigenvalue weighted by Crippen LogP contribution is 2.39. The summed E-state index contributed by atoms with van der Waals surface area (Å²) in [5.41, 5.74) is 1.28. The number of ether oxygens (including phenoxy) is 1. The predicted molar refractivity (Wildman–Crippen MR) is 118 cm³/mol. The van der Waals surface area contributed by atoms with Crippen molar-refractivity contribution in [1.82, 2.24) is 4.90 Å². The Hall–Kier alpha value is -2.79. The van der Waals surface area contributed by atoms with Gasteiger partial charge >= 0.3 is 0 Å². The molecule has 0 aromatic heterocycles. The maximum absolute atomic E-state index is 12.8. The van der Waals surface area contributed by atoms with Gasteiger partial charge in [-0.3, -0.25) is 9.59 Å². The summed E-state index contributed by atoms with van der Waals surface area (Å²) in [7, 11) is 0. The summed E-state index contributed by atoms with van der Waals surface area (Å²) in [5, 5.41) is 11.6. The molecule has 158 valence electrons. The summed E-state index contributed by atoms with van der Waals surface area (Å²) < 4.78 is 5.68. The van der Waals surface area contributed by atoms with Crippen molar-refractivity contribution in [2.45, 2.75) is 33.2 Å². The molecule has 5 nitrogen and oxygen atoms in total. The number of carbonyl (C=O) groups is 2. The molecule has 0 spiro atoms. The van der Waals surface area contributed by atoms with Gasteiger partial charge in [0.25, 0.3) is 11.7 Å². The van der Waals surface area contributed by atoms with E-state index in [-0.39, 0.29) is 11.3 Å². The van der Waals surface area contributed by atoms with Crippen LogP contribution in [0, 0.1) is 5.92 Å². The summed E-state index contributed by atoms with van der Waals surface area (Å²) in [6, 6.07) is 13.2. The second-order valence-electron chi connectivity index (χ2n) is 7.77. The summed E-state index contributed by atoms with van der Waals surface area (Å²) in [4.78, 5) is 27.0. The lowest BCUT2D eigenvalue weighted by Crippen LogP contribution is -2.30. The Morgan fingerprint density at radius 1 is 1.10 bits per heavy atom. The van der Waals surface area contributed by atoms with Crippen molar-refractivity contribution in [3.8, 4) is 5.75 Å².